The zero-order valence-corrected chi connectivity index (χ0v) is 11.4. The van der Waals surface area contributed by atoms with Crippen molar-refractivity contribution in [2.24, 2.45) is 0 Å². The van der Waals surface area contributed by atoms with E-state index in [1.807, 2.05) is 0 Å². The lowest BCUT2D eigenvalue weighted by atomic mass is 9.86. The lowest BCUT2D eigenvalue weighted by molar-refractivity contribution is 0.739. The molecule has 0 fully saturated rings. The zero-order valence-electron chi connectivity index (χ0n) is 11.4. The molecule has 0 radical (unpaired) electrons. The maximum absolute atomic E-state index is 2.43. The van der Waals surface area contributed by atoms with Crippen LogP contribution in [-0.4, -0.2) is 0 Å². The Morgan fingerprint density at radius 3 is 2.30 bits per heavy atom. The van der Waals surface area contributed by atoms with Gasteiger partial charge in [0.1, 0.15) is 0 Å². The van der Waals surface area contributed by atoms with Gasteiger partial charge in [0.05, 0.1) is 0 Å². The van der Waals surface area contributed by atoms with Gasteiger partial charge in [-0.15, -0.1) is 0 Å². The van der Waals surface area contributed by atoms with E-state index in [2.05, 4.69) is 48.5 Å². The van der Waals surface area contributed by atoms with Crippen LogP contribution in [0, 0.1) is 0 Å². The summed E-state index contributed by atoms with van der Waals surface area (Å²) in [6.45, 7) is 0. The van der Waals surface area contributed by atoms with Crippen molar-refractivity contribution >= 4 is 32.3 Å². The van der Waals surface area contributed by atoms with Gasteiger partial charge in [0.15, 0.2) is 0 Å². The Morgan fingerprint density at radius 1 is 0.600 bits per heavy atom. The predicted octanol–water partition coefficient (Wildman–Crippen LogP) is 5.46. The van der Waals surface area contributed by atoms with Crippen molar-refractivity contribution in [3.63, 3.8) is 0 Å². The molecule has 0 saturated carbocycles. The minimum absolute atomic E-state index is 1.22. The van der Waals surface area contributed by atoms with Crippen LogP contribution in [0.5, 0.6) is 0 Å². The number of rotatable bonds is 0. The van der Waals surface area contributed by atoms with E-state index in [4.69, 9.17) is 0 Å². The van der Waals surface area contributed by atoms with Gasteiger partial charge in [-0.3, -0.25) is 0 Å². The maximum Gasteiger partial charge on any atom is -0.00238 e. The molecule has 96 valence electrons. The Morgan fingerprint density at radius 2 is 1.35 bits per heavy atom. The Kier molecular flexibility index (Phi) is 1.99. The first-order valence-corrected chi connectivity index (χ1v) is 7.60. The first kappa shape index (κ1) is 10.7. The summed E-state index contributed by atoms with van der Waals surface area (Å²) in [5.41, 5.74) is 3.06. The SMILES string of the molecule is c1cc2ccc3c4ccc5cc(c(c1)c2c53)CCCC4. The van der Waals surface area contributed by atoms with Gasteiger partial charge < -0.3 is 0 Å². The highest BCUT2D eigenvalue weighted by molar-refractivity contribution is 6.24. The van der Waals surface area contributed by atoms with Crippen LogP contribution in [0.3, 0.4) is 0 Å². The summed E-state index contributed by atoms with van der Waals surface area (Å²) in [7, 11) is 0. The number of fused-ring (bicyclic) bond motifs is 4. The second-order valence-corrected chi connectivity index (χ2v) is 6.08. The van der Waals surface area contributed by atoms with Crippen molar-refractivity contribution in [2.75, 3.05) is 0 Å². The fourth-order valence-electron chi connectivity index (χ4n) is 4.02. The van der Waals surface area contributed by atoms with Gasteiger partial charge >= 0.3 is 0 Å². The third-order valence-electron chi connectivity index (χ3n) is 4.96. The summed E-state index contributed by atoms with van der Waals surface area (Å²) in [4.78, 5) is 0. The van der Waals surface area contributed by atoms with E-state index < -0.39 is 0 Å². The molecule has 0 N–H and O–H groups in total. The number of benzene rings is 4. The van der Waals surface area contributed by atoms with E-state index in [1.54, 1.807) is 0 Å². The summed E-state index contributed by atoms with van der Waals surface area (Å²) >= 11 is 0. The van der Waals surface area contributed by atoms with Crippen molar-refractivity contribution in [2.45, 2.75) is 25.7 Å². The molecule has 6 rings (SSSR count). The molecule has 0 nitrogen and oxygen atoms in total. The van der Waals surface area contributed by atoms with Gasteiger partial charge in [-0.05, 0) is 69.1 Å². The molecule has 20 heavy (non-hydrogen) atoms. The molecule has 0 atom stereocenters. The summed E-state index contributed by atoms with van der Waals surface area (Å²) < 4.78 is 0. The van der Waals surface area contributed by atoms with Gasteiger partial charge in [-0.2, -0.15) is 0 Å². The first-order valence-electron chi connectivity index (χ1n) is 7.60. The van der Waals surface area contributed by atoms with Crippen LogP contribution in [0.15, 0.2) is 48.5 Å². The molecule has 0 unspecified atom stereocenters. The van der Waals surface area contributed by atoms with E-state index in [0.29, 0.717) is 0 Å². The third-order valence-corrected chi connectivity index (χ3v) is 4.96. The topological polar surface area (TPSA) is 0 Å². The molecule has 0 heteroatoms. The van der Waals surface area contributed by atoms with Crippen LogP contribution in [-0.2, 0) is 12.8 Å². The summed E-state index contributed by atoms with van der Waals surface area (Å²) in [6, 6.07) is 18.5. The van der Waals surface area contributed by atoms with Gasteiger partial charge in [0.25, 0.3) is 0 Å². The van der Waals surface area contributed by atoms with E-state index in [9.17, 15) is 0 Å². The molecule has 0 aromatic heterocycles. The Bertz CT molecular complexity index is 941. The Balaban J connectivity index is 2.18. The second kappa shape index (κ2) is 3.73. The molecule has 4 aromatic rings. The lowest BCUT2D eigenvalue weighted by Gasteiger charge is -2.18. The minimum atomic E-state index is 1.22. The highest BCUT2D eigenvalue weighted by atomic mass is 14.2. The van der Waals surface area contributed by atoms with Crippen molar-refractivity contribution in [1.29, 1.82) is 0 Å². The standard InChI is InChI=1S/C20H16/c1-2-5-15-12-16-9-8-13(4-1)18-11-10-14-6-3-7-17(15)19(14)20(16)18/h3,6-12H,1-2,4-5H2. The first-order chi connectivity index (χ1) is 9.92. The van der Waals surface area contributed by atoms with Crippen LogP contribution < -0.4 is 0 Å². The van der Waals surface area contributed by atoms with Crippen LogP contribution in [0.2, 0.25) is 0 Å². The summed E-state index contributed by atoms with van der Waals surface area (Å²) in [6.07, 6.45) is 5.03. The average molecular weight is 256 g/mol. The van der Waals surface area contributed by atoms with Gasteiger partial charge in [0, 0.05) is 0 Å². The molecule has 0 saturated heterocycles. The molecular weight excluding hydrogens is 240 g/mol. The summed E-state index contributed by atoms with van der Waals surface area (Å²) in [5, 5.41) is 8.73. The van der Waals surface area contributed by atoms with Crippen molar-refractivity contribution in [3.05, 3.63) is 59.7 Å². The maximum atomic E-state index is 2.43. The van der Waals surface area contributed by atoms with Crippen molar-refractivity contribution < 1.29 is 0 Å². The van der Waals surface area contributed by atoms with Crippen molar-refractivity contribution in [3.8, 4) is 0 Å². The normalized spacial score (nSPS) is 15.2. The second-order valence-electron chi connectivity index (χ2n) is 6.08. The number of aryl methyl sites for hydroxylation is 2. The zero-order chi connectivity index (χ0) is 13.1. The third kappa shape index (κ3) is 1.27. The molecule has 2 aliphatic carbocycles. The lowest BCUT2D eigenvalue weighted by Crippen LogP contribution is -1.98. The highest BCUT2D eigenvalue weighted by Gasteiger charge is 2.15. The van der Waals surface area contributed by atoms with Crippen LogP contribution >= 0.6 is 0 Å². The number of hydrogen-bond donors (Lipinski definition) is 0. The molecule has 0 heterocycles. The molecule has 0 spiro atoms. The molecule has 2 aliphatic rings. The predicted molar refractivity (Wildman–Crippen MR) is 86.8 cm³/mol. The smallest absolute Gasteiger partial charge is 0.00238 e. The van der Waals surface area contributed by atoms with Crippen LogP contribution in [0.1, 0.15) is 24.0 Å². The fraction of sp³-hybridized carbons (Fsp3) is 0.200. The van der Waals surface area contributed by atoms with Crippen LogP contribution in [0.25, 0.3) is 32.3 Å². The largest absolute Gasteiger partial charge is 0.0610 e. The monoisotopic (exact) mass is 256 g/mol. The van der Waals surface area contributed by atoms with E-state index in [1.165, 1.54) is 69.1 Å². The molecule has 4 bridgehead atoms. The quantitative estimate of drug-likeness (QED) is 0.366. The molecule has 0 aliphatic heterocycles. The Hall–Kier alpha value is -2.08. The van der Waals surface area contributed by atoms with Crippen molar-refractivity contribution in [1.82, 2.24) is 0 Å². The van der Waals surface area contributed by atoms with Gasteiger partial charge in [-0.1, -0.05) is 48.5 Å². The Labute approximate surface area is 118 Å². The van der Waals surface area contributed by atoms with Crippen LogP contribution in [0.4, 0.5) is 0 Å². The average Bonchev–Trinajstić information content (AvgIpc) is 2.52. The van der Waals surface area contributed by atoms with Gasteiger partial charge in [0.2, 0.25) is 0 Å². The molecule has 4 aromatic carbocycles. The molecular formula is C20H16. The van der Waals surface area contributed by atoms with E-state index >= 15 is 0 Å². The van der Waals surface area contributed by atoms with E-state index in [0.717, 1.165) is 0 Å². The highest BCUT2D eigenvalue weighted by Crippen LogP contribution is 2.39. The van der Waals surface area contributed by atoms with E-state index in [-0.39, 0.29) is 0 Å². The number of hydrogen-bond acceptors (Lipinski definition) is 0. The molecule has 0 amide bonds. The minimum Gasteiger partial charge on any atom is -0.0610 e. The summed E-state index contributed by atoms with van der Waals surface area (Å²) in [5.74, 6) is 0. The fourth-order valence-corrected chi connectivity index (χ4v) is 4.02. The van der Waals surface area contributed by atoms with Gasteiger partial charge in [-0.25, -0.2) is 0 Å².